The van der Waals surface area contributed by atoms with Gasteiger partial charge in [0.1, 0.15) is 12.4 Å². The quantitative estimate of drug-likeness (QED) is 0.674. The number of nitrogen functional groups attached to an aromatic ring is 1. The number of ether oxygens (including phenoxy) is 1. The third-order valence-electron chi connectivity index (χ3n) is 2.33. The normalized spacial score (nSPS) is 10.1. The summed E-state index contributed by atoms with van der Waals surface area (Å²) in [5, 5.41) is 7.44. The van der Waals surface area contributed by atoms with Crippen molar-refractivity contribution >= 4 is 21.8 Å². The molecule has 4 nitrogen and oxygen atoms in total. The lowest BCUT2D eigenvalue weighted by atomic mass is 10.2. The maximum atomic E-state index is 7.44. The van der Waals surface area contributed by atoms with Crippen LogP contribution < -0.4 is 10.5 Å². The molecule has 92 valence electrons. The lowest BCUT2D eigenvalue weighted by Crippen LogP contribution is -2.13. The van der Waals surface area contributed by atoms with Crippen LogP contribution in [0.5, 0.6) is 5.88 Å². The molecule has 3 N–H and O–H groups in total. The molecule has 0 fully saturated rings. The minimum atomic E-state index is -0.0488. The Kier molecular flexibility index (Phi) is 3.94. The minimum absolute atomic E-state index is 0.0488. The van der Waals surface area contributed by atoms with Gasteiger partial charge in [-0.25, -0.2) is 4.98 Å². The van der Waals surface area contributed by atoms with Crippen LogP contribution in [0.2, 0.25) is 0 Å². The molecule has 2 aromatic rings. The molecule has 0 aliphatic rings. The van der Waals surface area contributed by atoms with Crippen molar-refractivity contribution in [3.05, 3.63) is 58.2 Å². The van der Waals surface area contributed by atoms with Crippen molar-refractivity contribution in [1.29, 1.82) is 5.41 Å². The van der Waals surface area contributed by atoms with E-state index in [9.17, 15) is 0 Å². The summed E-state index contributed by atoms with van der Waals surface area (Å²) in [5.74, 6) is 0.331. The Bertz CT molecular complexity index is 572. The Morgan fingerprint density at radius 1 is 1.33 bits per heavy atom. The van der Waals surface area contributed by atoms with Gasteiger partial charge in [0.05, 0.1) is 5.56 Å². The van der Waals surface area contributed by atoms with E-state index in [1.165, 1.54) is 0 Å². The molecule has 0 radical (unpaired) electrons. The number of rotatable bonds is 4. The van der Waals surface area contributed by atoms with E-state index in [1.54, 1.807) is 18.3 Å². The predicted octanol–water partition coefficient (Wildman–Crippen LogP) is 2.71. The van der Waals surface area contributed by atoms with Crippen molar-refractivity contribution < 1.29 is 4.74 Å². The lowest BCUT2D eigenvalue weighted by molar-refractivity contribution is 0.293. The van der Waals surface area contributed by atoms with Crippen LogP contribution >= 0.6 is 15.9 Å². The average molecular weight is 306 g/mol. The molecule has 5 heteroatoms. The van der Waals surface area contributed by atoms with Crippen LogP contribution in [0.3, 0.4) is 0 Å². The van der Waals surface area contributed by atoms with Gasteiger partial charge in [-0.2, -0.15) is 0 Å². The number of hydrogen-bond acceptors (Lipinski definition) is 3. The zero-order valence-electron chi connectivity index (χ0n) is 9.56. The third kappa shape index (κ3) is 3.07. The second-order valence-electron chi connectivity index (χ2n) is 3.69. The van der Waals surface area contributed by atoms with Crippen LogP contribution in [-0.4, -0.2) is 10.8 Å². The minimum Gasteiger partial charge on any atom is -0.472 e. The van der Waals surface area contributed by atoms with E-state index in [-0.39, 0.29) is 5.84 Å². The van der Waals surface area contributed by atoms with Gasteiger partial charge in [-0.05, 0) is 29.8 Å². The molecule has 0 saturated heterocycles. The molecule has 1 heterocycles. The molecule has 0 atom stereocenters. The van der Waals surface area contributed by atoms with Crippen molar-refractivity contribution in [3.8, 4) is 5.88 Å². The van der Waals surface area contributed by atoms with E-state index < -0.39 is 0 Å². The second-order valence-corrected chi connectivity index (χ2v) is 4.60. The molecule has 0 amide bonds. The average Bonchev–Trinajstić information content (AvgIpc) is 2.37. The molecule has 0 aliphatic heterocycles. The standard InChI is InChI=1S/C13H12BrN3O/c14-10-4-1-3-9(7-10)8-18-13-11(12(15)16)5-2-6-17-13/h1-7H,8H2,(H3,15,16). The Morgan fingerprint density at radius 3 is 2.89 bits per heavy atom. The van der Waals surface area contributed by atoms with Crippen LogP contribution in [0, 0.1) is 5.41 Å². The largest absolute Gasteiger partial charge is 0.472 e. The highest BCUT2D eigenvalue weighted by Crippen LogP contribution is 2.17. The smallest absolute Gasteiger partial charge is 0.224 e. The first-order chi connectivity index (χ1) is 8.66. The summed E-state index contributed by atoms with van der Waals surface area (Å²) in [5.41, 5.74) is 6.99. The number of nitrogens with zero attached hydrogens (tertiary/aromatic N) is 1. The van der Waals surface area contributed by atoms with Gasteiger partial charge in [-0.1, -0.05) is 28.1 Å². The van der Waals surface area contributed by atoms with E-state index in [0.29, 0.717) is 18.1 Å². The number of amidine groups is 1. The molecule has 0 unspecified atom stereocenters. The summed E-state index contributed by atoms with van der Waals surface area (Å²) in [7, 11) is 0. The zero-order chi connectivity index (χ0) is 13.0. The lowest BCUT2D eigenvalue weighted by Gasteiger charge is -2.09. The van der Waals surface area contributed by atoms with Gasteiger partial charge in [0.2, 0.25) is 5.88 Å². The fourth-order valence-corrected chi connectivity index (χ4v) is 1.94. The summed E-state index contributed by atoms with van der Waals surface area (Å²) < 4.78 is 6.58. The Labute approximate surface area is 113 Å². The van der Waals surface area contributed by atoms with Crippen LogP contribution in [0.15, 0.2) is 47.1 Å². The first-order valence-corrected chi connectivity index (χ1v) is 6.13. The van der Waals surface area contributed by atoms with E-state index in [4.69, 9.17) is 15.9 Å². The highest BCUT2D eigenvalue weighted by atomic mass is 79.9. The third-order valence-corrected chi connectivity index (χ3v) is 2.82. The van der Waals surface area contributed by atoms with Gasteiger partial charge >= 0.3 is 0 Å². The van der Waals surface area contributed by atoms with Gasteiger partial charge in [-0.15, -0.1) is 0 Å². The van der Waals surface area contributed by atoms with Gasteiger partial charge < -0.3 is 10.5 Å². The second kappa shape index (κ2) is 5.64. The first-order valence-electron chi connectivity index (χ1n) is 5.33. The summed E-state index contributed by atoms with van der Waals surface area (Å²) in [6, 6.07) is 11.3. The van der Waals surface area contributed by atoms with E-state index >= 15 is 0 Å². The zero-order valence-corrected chi connectivity index (χ0v) is 11.1. The summed E-state index contributed by atoms with van der Waals surface area (Å²) in [6.45, 7) is 0.386. The molecule has 1 aromatic carbocycles. The van der Waals surface area contributed by atoms with Crippen LogP contribution in [0.25, 0.3) is 0 Å². The maximum absolute atomic E-state index is 7.44. The van der Waals surface area contributed by atoms with Crippen molar-refractivity contribution in [2.24, 2.45) is 5.73 Å². The SMILES string of the molecule is N=C(N)c1cccnc1OCc1cccc(Br)c1. The predicted molar refractivity (Wildman–Crippen MR) is 73.7 cm³/mol. The monoisotopic (exact) mass is 305 g/mol. The van der Waals surface area contributed by atoms with Crippen LogP contribution in [-0.2, 0) is 6.61 Å². The number of nitrogens with one attached hydrogen (secondary N) is 1. The number of benzene rings is 1. The molecule has 0 bridgehead atoms. The van der Waals surface area contributed by atoms with Crippen LogP contribution in [0.4, 0.5) is 0 Å². The van der Waals surface area contributed by atoms with E-state index in [1.807, 2.05) is 24.3 Å². The Hall–Kier alpha value is -1.88. The van der Waals surface area contributed by atoms with Gasteiger partial charge in [0.15, 0.2) is 0 Å². The Balaban J connectivity index is 2.13. The molecular formula is C13H12BrN3O. The molecule has 18 heavy (non-hydrogen) atoms. The summed E-state index contributed by atoms with van der Waals surface area (Å²) >= 11 is 3.40. The molecule has 0 aliphatic carbocycles. The van der Waals surface area contributed by atoms with Crippen molar-refractivity contribution in [3.63, 3.8) is 0 Å². The van der Waals surface area contributed by atoms with Gasteiger partial charge in [0.25, 0.3) is 0 Å². The fourth-order valence-electron chi connectivity index (χ4n) is 1.49. The van der Waals surface area contributed by atoms with Crippen LogP contribution in [0.1, 0.15) is 11.1 Å². The number of nitrogens with two attached hydrogens (primary N) is 1. The number of aromatic nitrogens is 1. The summed E-state index contributed by atoms with van der Waals surface area (Å²) in [6.07, 6.45) is 1.61. The number of halogens is 1. The van der Waals surface area contributed by atoms with Gasteiger partial charge in [-0.3, -0.25) is 5.41 Å². The highest BCUT2D eigenvalue weighted by Gasteiger charge is 2.07. The number of hydrogen-bond donors (Lipinski definition) is 2. The molecule has 2 rings (SSSR count). The van der Waals surface area contributed by atoms with Crippen molar-refractivity contribution in [1.82, 2.24) is 4.98 Å². The number of pyridine rings is 1. The van der Waals surface area contributed by atoms with Crippen molar-refractivity contribution in [2.75, 3.05) is 0 Å². The van der Waals surface area contributed by atoms with E-state index in [2.05, 4.69) is 20.9 Å². The van der Waals surface area contributed by atoms with E-state index in [0.717, 1.165) is 10.0 Å². The molecule has 0 spiro atoms. The molecule has 1 aromatic heterocycles. The fraction of sp³-hybridized carbons (Fsp3) is 0.0769. The van der Waals surface area contributed by atoms with Gasteiger partial charge in [0, 0.05) is 10.7 Å². The topological polar surface area (TPSA) is 72.0 Å². The maximum Gasteiger partial charge on any atom is 0.224 e. The highest BCUT2D eigenvalue weighted by molar-refractivity contribution is 9.10. The first kappa shape index (κ1) is 12.6. The molecule has 0 saturated carbocycles. The Morgan fingerprint density at radius 2 is 2.17 bits per heavy atom. The van der Waals surface area contributed by atoms with Crippen molar-refractivity contribution in [2.45, 2.75) is 6.61 Å². The molecular weight excluding hydrogens is 294 g/mol. The summed E-state index contributed by atoms with van der Waals surface area (Å²) in [4.78, 5) is 4.08.